The first-order valence-corrected chi connectivity index (χ1v) is 8.97. The van der Waals surface area contributed by atoms with Gasteiger partial charge in [-0.25, -0.2) is 4.98 Å². The SMILES string of the molecule is CC1CCCCCCCCCC(C(=O)Nc2ccccn2)C1. The summed E-state index contributed by atoms with van der Waals surface area (Å²) in [5.41, 5.74) is 0. The Morgan fingerprint density at radius 1 is 1.05 bits per heavy atom. The van der Waals surface area contributed by atoms with E-state index in [2.05, 4.69) is 17.2 Å². The Balaban J connectivity index is 1.92. The summed E-state index contributed by atoms with van der Waals surface area (Å²) in [6.07, 6.45) is 14.2. The molecule has 1 heterocycles. The number of hydrogen-bond acceptors (Lipinski definition) is 2. The van der Waals surface area contributed by atoms with Gasteiger partial charge in [-0.3, -0.25) is 4.79 Å². The molecule has 0 aliphatic heterocycles. The number of pyridine rings is 1. The van der Waals surface area contributed by atoms with Crippen molar-refractivity contribution >= 4 is 11.7 Å². The first kappa shape index (κ1) is 17.0. The molecule has 2 atom stereocenters. The van der Waals surface area contributed by atoms with Crippen molar-refractivity contribution in [3.63, 3.8) is 0 Å². The maximum Gasteiger partial charge on any atom is 0.228 e. The molecule has 1 aliphatic rings. The molecule has 0 spiro atoms. The minimum absolute atomic E-state index is 0.136. The van der Waals surface area contributed by atoms with Crippen LogP contribution in [0.3, 0.4) is 0 Å². The average Bonchev–Trinajstić information content (AvgIpc) is 2.51. The largest absolute Gasteiger partial charge is 0.310 e. The third-order valence-corrected chi connectivity index (χ3v) is 4.72. The summed E-state index contributed by atoms with van der Waals surface area (Å²) in [4.78, 5) is 16.8. The van der Waals surface area contributed by atoms with Crippen LogP contribution in [0.1, 0.15) is 71.1 Å². The van der Waals surface area contributed by atoms with Gasteiger partial charge in [-0.05, 0) is 30.9 Å². The van der Waals surface area contributed by atoms with E-state index in [1.807, 2.05) is 18.2 Å². The number of anilines is 1. The second-order valence-electron chi connectivity index (χ2n) is 6.79. The zero-order chi connectivity index (χ0) is 15.6. The Morgan fingerprint density at radius 3 is 2.41 bits per heavy atom. The van der Waals surface area contributed by atoms with Crippen LogP contribution in [0.15, 0.2) is 24.4 Å². The molecule has 1 aliphatic carbocycles. The zero-order valence-corrected chi connectivity index (χ0v) is 13.9. The van der Waals surface area contributed by atoms with Crippen LogP contribution < -0.4 is 5.32 Å². The number of nitrogens with zero attached hydrogens (tertiary/aromatic N) is 1. The third kappa shape index (κ3) is 6.17. The summed E-state index contributed by atoms with van der Waals surface area (Å²) in [5.74, 6) is 1.60. The van der Waals surface area contributed by atoms with Gasteiger partial charge in [0.05, 0.1) is 0 Å². The van der Waals surface area contributed by atoms with Crippen molar-refractivity contribution in [2.75, 3.05) is 5.32 Å². The highest BCUT2D eigenvalue weighted by atomic mass is 16.1. The number of hydrogen-bond donors (Lipinski definition) is 1. The van der Waals surface area contributed by atoms with E-state index in [9.17, 15) is 4.79 Å². The van der Waals surface area contributed by atoms with Crippen molar-refractivity contribution in [3.05, 3.63) is 24.4 Å². The van der Waals surface area contributed by atoms with Crippen molar-refractivity contribution in [1.29, 1.82) is 0 Å². The Labute approximate surface area is 134 Å². The Kier molecular flexibility index (Phi) is 7.41. The van der Waals surface area contributed by atoms with Gasteiger partial charge in [0.25, 0.3) is 0 Å². The van der Waals surface area contributed by atoms with Gasteiger partial charge in [0.2, 0.25) is 5.91 Å². The summed E-state index contributed by atoms with van der Waals surface area (Å²) >= 11 is 0. The van der Waals surface area contributed by atoms with Crippen molar-refractivity contribution < 1.29 is 4.79 Å². The molecular weight excluding hydrogens is 272 g/mol. The molecule has 122 valence electrons. The molecule has 1 amide bonds. The maximum atomic E-state index is 12.6. The van der Waals surface area contributed by atoms with Gasteiger partial charge >= 0.3 is 0 Å². The number of rotatable bonds is 2. The zero-order valence-electron chi connectivity index (χ0n) is 13.9. The lowest BCUT2D eigenvalue weighted by Gasteiger charge is -2.21. The Morgan fingerprint density at radius 2 is 1.73 bits per heavy atom. The molecule has 0 aromatic carbocycles. The van der Waals surface area contributed by atoms with E-state index < -0.39 is 0 Å². The summed E-state index contributed by atoms with van der Waals surface area (Å²) in [6.45, 7) is 2.30. The van der Waals surface area contributed by atoms with Gasteiger partial charge in [0, 0.05) is 12.1 Å². The van der Waals surface area contributed by atoms with Gasteiger partial charge < -0.3 is 5.32 Å². The monoisotopic (exact) mass is 302 g/mol. The van der Waals surface area contributed by atoms with Crippen molar-refractivity contribution in [2.24, 2.45) is 11.8 Å². The molecule has 1 aromatic rings. The first-order chi connectivity index (χ1) is 10.8. The van der Waals surface area contributed by atoms with E-state index in [-0.39, 0.29) is 11.8 Å². The second-order valence-corrected chi connectivity index (χ2v) is 6.79. The topological polar surface area (TPSA) is 42.0 Å². The van der Waals surface area contributed by atoms with Crippen LogP contribution in [0.5, 0.6) is 0 Å². The predicted octanol–water partition coefficient (Wildman–Crippen LogP) is 5.19. The minimum Gasteiger partial charge on any atom is -0.310 e. The van der Waals surface area contributed by atoms with Gasteiger partial charge in [-0.15, -0.1) is 0 Å². The van der Waals surface area contributed by atoms with E-state index in [4.69, 9.17) is 0 Å². The quantitative estimate of drug-likeness (QED) is 0.817. The number of carbonyl (C=O) groups excluding carboxylic acids is 1. The lowest BCUT2D eigenvalue weighted by molar-refractivity contribution is -0.120. The van der Waals surface area contributed by atoms with Crippen LogP contribution in [0.2, 0.25) is 0 Å². The van der Waals surface area contributed by atoms with Crippen LogP contribution in [0, 0.1) is 11.8 Å². The molecule has 1 N–H and O–H groups in total. The number of carbonyl (C=O) groups is 1. The molecule has 1 fully saturated rings. The molecule has 0 radical (unpaired) electrons. The fraction of sp³-hybridized carbons (Fsp3) is 0.684. The third-order valence-electron chi connectivity index (χ3n) is 4.72. The number of nitrogens with one attached hydrogen (secondary N) is 1. The first-order valence-electron chi connectivity index (χ1n) is 8.97. The normalized spacial score (nSPS) is 24.8. The highest BCUT2D eigenvalue weighted by Gasteiger charge is 2.21. The molecule has 0 bridgehead atoms. The number of aromatic nitrogens is 1. The molecule has 1 aromatic heterocycles. The standard InChI is InChI=1S/C19H30N2O/c1-16-11-7-5-3-2-4-6-8-12-17(15-16)19(22)21-18-13-9-10-14-20-18/h9-10,13-14,16-17H,2-8,11-12,15H2,1H3,(H,20,21,22). The highest BCUT2D eigenvalue weighted by Crippen LogP contribution is 2.25. The molecule has 1 saturated carbocycles. The molecule has 0 saturated heterocycles. The van der Waals surface area contributed by atoms with Crippen LogP contribution in [-0.4, -0.2) is 10.9 Å². The van der Waals surface area contributed by atoms with Crippen molar-refractivity contribution in [2.45, 2.75) is 71.1 Å². The van der Waals surface area contributed by atoms with Crippen molar-refractivity contribution in [3.8, 4) is 0 Å². The number of amides is 1. The molecular formula is C19H30N2O. The molecule has 22 heavy (non-hydrogen) atoms. The van der Waals surface area contributed by atoms with Crippen LogP contribution in [0.4, 0.5) is 5.82 Å². The van der Waals surface area contributed by atoms with Crippen LogP contribution in [0.25, 0.3) is 0 Å². The van der Waals surface area contributed by atoms with E-state index in [1.54, 1.807) is 6.20 Å². The smallest absolute Gasteiger partial charge is 0.228 e. The summed E-state index contributed by atoms with van der Waals surface area (Å²) in [7, 11) is 0. The van der Waals surface area contributed by atoms with Gasteiger partial charge in [-0.1, -0.05) is 64.4 Å². The van der Waals surface area contributed by atoms with E-state index >= 15 is 0 Å². The van der Waals surface area contributed by atoms with Crippen molar-refractivity contribution in [1.82, 2.24) is 4.98 Å². The Bertz CT molecular complexity index is 432. The summed E-state index contributed by atoms with van der Waals surface area (Å²) in [5, 5.41) is 2.99. The highest BCUT2D eigenvalue weighted by molar-refractivity contribution is 5.91. The molecule has 2 rings (SSSR count). The second kappa shape index (κ2) is 9.60. The molecule has 2 unspecified atom stereocenters. The van der Waals surface area contributed by atoms with Gasteiger partial charge in [0.15, 0.2) is 0 Å². The van der Waals surface area contributed by atoms with Crippen LogP contribution >= 0.6 is 0 Å². The van der Waals surface area contributed by atoms with Crippen LogP contribution in [-0.2, 0) is 4.79 Å². The molecule has 3 nitrogen and oxygen atoms in total. The van der Waals surface area contributed by atoms with E-state index in [1.165, 1.54) is 51.4 Å². The summed E-state index contributed by atoms with van der Waals surface area (Å²) in [6, 6.07) is 5.64. The fourth-order valence-corrected chi connectivity index (χ4v) is 3.39. The summed E-state index contributed by atoms with van der Waals surface area (Å²) < 4.78 is 0. The van der Waals surface area contributed by atoms with Gasteiger partial charge in [-0.2, -0.15) is 0 Å². The lowest BCUT2D eigenvalue weighted by atomic mass is 9.87. The molecule has 3 heteroatoms. The minimum atomic E-state index is 0.136. The van der Waals surface area contributed by atoms with E-state index in [0.29, 0.717) is 11.7 Å². The average molecular weight is 302 g/mol. The van der Waals surface area contributed by atoms with Gasteiger partial charge in [0.1, 0.15) is 5.82 Å². The fourth-order valence-electron chi connectivity index (χ4n) is 3.39. The predicted molar refractivity (Wildman–Crippen MR) is 91.7 cm³/mol. The lowest BCUT2D eigenvalue weighted by Crippen LogP contribution is -2.25. The Hall–Kier alpha value is -1.38. The van der Waals surface area contributed by atoms with E-state index in [0.717, 1.165) is 12.8 Å². The maximum absolute atomic E-state index is 12.6.